The van der Waals surface area contributed by atoms with Gasteiger partial charge in [-0.05, 0) is 66.1 Å². The van der Waals surface area contributed by atoms with Crippen LogP contribution in [0, 0.1) is 15.5 Å². The van der Waals surface area contributed by atoms with Crippen molar-refractivity contribution in [2.75, 3.05) is 13.2 Å². The lowest BCUT2D eigenvalue weighted by atomic mass is 9.78. The maximum atomic E-state index is 13.2. The van der Waals surface area contributed by atoms with Gasteiger partial charge in [0.2, 0.25) is 5.91 Å². The molecule has 3 aromatic carbocycles. The van der Waals surface area contributed by atoms with E-state index in [1.54, 1.807) is 6.08 Å². The molecule has 2 aliphatic carbocycles. The molecule has 0 saturated carbocycles. The molecule has 10 heteroatoms. The molecule has 0 bridgehead atoms. The molecule has 0 radical (unpaired) electrons. The second-order valence-electron chi connectivity index (χ2n) is 10.9. The minimum Gasteiger partial charge on any atom is -0.463 e. The molecule has 0 saturated heterocycles. The number of allylic oxidation sites excluding steroid dienone is 1. The van der Waals surface area contributed by atoms with Crippen molar-refractivity contribution in [1.82, 2.24) is 5.32 Å². The first kappa shape index (κ1) is 29.5. The van der Waals surface area contributed by atoms with E-state index in [9.17, 15) is 24.5 Å². The molecule has 43 heavy (non-hydrogen) atoms. The monoisotopic (exact) mass is 584 g/mol. The van der Waals surface area contributed by atoms with Gasteiger partial charge in [-0.15, -0.1) is 0 Å². The molecule has 0 aromatic heterocycles. The van der Waals surface area contributed by atoms with Crippen molar-refractivity contribution < 1.29 is 33.5 Å². The molecule has 0 spiro atoms. The Bertz CT molecular complexity index is 1500. The van der Waals surface area contributed by atoms with Crippen molar-refractivity contribution in [1.29, 1.82) is 0 Å². The number of nitrogens with zero attached hydrogens (tertiary/aromatic N) is 1. The molecule has 3 aromatic rings. The highest BCUT2D eigenvalue weighted by atomic mass is 16.7. The molecular weight excluding hydrogens is 552 g/mol. The summed E-state index contributed by atoms with van der Waals surface area (Å²) in [6.45, 7) is 1.76. The lowest BCUT2D eigenvalue weighted by Gasteiger charge is -2.30. The van der Waals surface area contributed by atoms with Crippen LogP contribution in [0.25, 0.3) is 11.1 Å². The molecule has 1 N–H and O–H groups in total. The molecule has 0 heterocycles. The van der Waals surface area contributed by atoms with Crippen LogP contribution in [0.2, 0.25) is 0 Å². The Morgan fingerprint density at radius 3 is 2.26 bits per heavy atom. The van der Waals surface area contributed by atoms with Crippen LogP contribution >= 0.6 is 0 Å². The fourth-order valence-corrected chi connectivity index (χ4v) is 5.57. The number of non-ortho nitro benzene ring substituents is 1. The maximum Gasteiger partial charge on any atom is 0.514 e. The number of ether oxygens (including phenoxy) is 3. The zero-order valence-electron chi connectivity index (χ0n) is 23.7. The molecule has 10 nitrogen and oxygen atoms in total. The van der Waals surface area contributed by atoms with E-state index in [2.05, 4.69) is 17.4 Å². The average molecular weight is 585 g/mol. The number of fused-ring (bicyclic) bond motifs is 3. The van der Waals surface area contributed by atoms with Crippen LogP contribution in [0.15, 0.2) is 84.9 Å². The van der Waals surface area contributed by atoms with Crippen molar-refractivity contribution in [3.05, 3.63) is 106 Å². The Kier molecular flexibility index (Phi) is 8.85. The second-order valence-corrected chi connectivity index (χ2v) is 10.9. The van der Waals surface area contributed by atoms with Crippen LogP contribution in [-0.2, 0) is 19.1 Å². The van der Waals surface area contributed by atoms with Crippen molar-refractivity contribution >= 4 is 23.7 Å². The van der Waals surface area contributed by atoms with Crippen LogP contribution in [-0.4, -0.2) is 42.2 Å². The quantitative estimate of drug-likeness (QED) is 0.111. The lowest BCUT2D eigenvalue weighted by Crippen LogP contribution is -2.42. The highest BCUT2D eigenvalue weighted by molar-refractivity contribution is 5.86. The summed E-state index contributed by atoms with van der Waals surface area (Å²) in [4.78, 5) is 48.4. The molecule has 0 fully saturated rings. The zero-order valence-corrected chi connectivity index (χ0v) is 23.7. The molecule has 2 aliphatic rings. The van der Waals surface area contributed by atoms with Gasteiger partial charge in [0.05, 0.1) is 4.92 Å². The van der Waals surface area contributed by atoms with E-state index >= 15 is 0 Å². The third kappa shape index (κ3) is 6.91. The third-order valence-electron chi connectivity index (χ3n) is 8.01. The fourth-order valence-electron chi connectivity index (χ4n) is 5.57. The van der Waals surface area contributed by atoms with Gasteiger partial charge in [-0.25, -0.2) is 4.79 Å². The Hall–Kier alpha value is -4.99. The van der Waals surface area contributed by atoms with Crippen molar-refractivity contribution in [2.45, 2.75) is 44.6 Å². The molecule has 0 unspecified atom stereocenters. The Balaban J connectivity index is 1.10. The summed E-state index contributed by atoms with van der Waals surface area (Å²) in [7, 11) is 0. The smallest absolute Gasteiger partial charge is 0.463 e. The Labute approximate surface area is 248 Å². The van der Waals surface area contributed by atoms with E-state index in [1.165, 1.54) is 24.3 Å². The van der Waals surface area contributed by atoms with Gasteiger partial charge in [-0.3, -0.25) is 19.7 Å². The predicted octanol–water partition coefficient (Wildman–Crippen LogP) is 6.09. The summed E-state index contributed by atoms with van der Waals surface area (Å²) < 4.78 is 16.2. The van der Waals surface area contributed by atoms with Crippen LogP contribution in [0.1, 0.15) is 49.7 Å². The zero-order chi connectivity index (χ0) is 30.4. The summed E-state index contributed by atoms with van der Waals surface area (Å²) in [6, 6.07) is 21.2. The van der Waals surface area contributed by atoms with E-state index in [-0.39, 0.29) is 36.4 Å². The molecule has 2 atom stereocenters. The minimum absolute atomic E-state index is 0.0639. The fraction of sp³-hybridized carbons (Fsp3) is 0.303. The van der Waals surface area contributed by atoms with Crippen molar-refractivity contribution in [3.63, 3.8) is 0 Å². The standard InChI is InChI=1S/C33H32N2O8/c1-33(18-7-6-8-23(17-19-33)42-32(38)43-24-15-13-22(14-16-24)35(39)40)31(37)34-20-30(36)41-21-29-27-11-4-2-9-25(27)26-10-3-5-12-28(26)29/h2-6,8-16,23,29H,7,17-21H2,1H3,(H,34,37)/b8-6-/t23-,33+/m0/s1. The third-order valence-corrected chi connectivity index (χ3v) is 8.01. The largest absolute Gasteiger partial charge is 0.514 e. The maximum absolute atomic E-state index is 13.2. The van der Waals surface area contributed by atoms with Gasteiger partial charge >= 0.3 is 12.1 Å². The van der Waals surface area contributed by atoms with Gasteiger partial charge in [0.15, 0.2) is 0 Å². The lowest BCUT2D eigenvalue weighted by molar-refractivity contribution is -0.384. The van der Waals surface area contributed by atoms with Crippen molar-refractivity contribution in [2.24, 2.45) is 5.41 Å². The summed E-state index contributed by atoms with van der Waals surface area (Å²) in [5.41, 5.74) is 3.59. The van der Waals surface area contributed by atoms with Gasteiger partial charge in [0.1, 0.15) is 25.0 Å². The van der Waals surface area contributed by atoms with E-state index in [0.29, 0.717) is 25.7 Å². The summed E-state index contributed by atoms with van der Waals surface area (Å²) in [5.74, 6) is -0.739. The number of carbonyl (C=O) groups is 3. The van der Waals surface area contributed by atoms with Gasteiger partial charge in [-0.2, -0.15) is 0 Å². The number of benzene rings is 3. The summed E-state index contributed by atoms with van der Waals surface area (Å²) in [6.07, 6.45) is 3.92. The summed E-state index contributed by atoms with van der Waals surface area (Å²) in [5, 5.41) is 13.5. The highest BCUT2D eigenvalue weighted by Crippen LogP contribution is 2.44. The van der Waals surface area contributed by atoms with Gasteiger partial charge < -0.3 is 19.5 Å². The van der Waals surface area contributed by atoms with Crippen LogP contribution in [0.5, 0.6) is 5.75 Å². The first-order chi connectivity index (χ1) is 20.7. The van der Waals surface area contributed by atoms with Gasteiger partial charge in [-0.1, -0.05) is 61.5 Å². The van der Waals surface area contributed by atoms with E-state index in [4.69, 9.17) is 14.2 Å². The van der Waals surface area contributed by atoms with Crippen molar-refractivity contribution in [3.8, 4) is 16.9 Å². The molecule has 0 aliphatic heterocycles. The first-order valence-electron chi connectivity index (χ1n) is 14.2. The molecule has 1 amide bonds. The molecule has 222 valence electrons. The number of nitro groups is 1. The number of hydrogen-bond acceptors (Lipinski definition) is 8. The SMILES string of the molecule is C[C@@]1(C(=O)NCC(=O)OCC2c3ccccc3-c3ccccc32)CC/C=C\[C@H](OC(=O)Oc2ccc([N+](=O)[O-])cc2)CC1. The van der Waals surface area contributed by atoms with E-state index < -0.39 is 28.6 Å². The average Bonchev–Trinajstić information content (AvgIpc) is 3.32. The molecular formula is C33H32N2O8. The summed E-state index contributed by atoms with van der Waals surface area (Å²) >= 11 is 0. The first-order valence-corrected chi connectivity index (χ1v) is 14.2. The van der Waals surface area contributed by atoms with E-state index in [0.717, 1.165) is 22.3 Å². The van der Waals surface area contributed by atoms with Gasteiger partial charge in [0, 0.05) is 23.5 Å². The number of hydrogen-bond donors (Lipinski definition) is 1. The van der Waals surface area contributed by atoms with Crippen LogP contribution < -0.4 is 10.1 Å². The molecule has 5 rings (SSSR count). The van der Waals surface area contributed by atoms with Crippen LogP contribution in [0.4, 0.5) is 10.5 Å². The van der Waals surface area contributed by atoms with E-state index in [1.807, 2.05) is 49.4 Å². The minimum atomic E-state index is -0.953. The number of esters is 1. The number of amides is 1. The second kappa shape index (κ2) is 12.9. The number of rotatable bonds is 8. The number of carbonyl (C=O) groups excluding carboxylic acids is 3. The Morgan fingerprint density at radius 1 is 0.953 bits per heavy atom. The van der Waals surface area contributed by atoms with Crippen LogP contribution in [0.3, 0.4) is 0 Å². The number of nitro benzene ring substituents is 1. The topological polar surface area (TPSA) is 134 Å². The highest BCUT2D eigenvalue weighted by Gasteiger charge is 2.35. The predicted molar refractivity (Wildman–Crippen MR) is 157 cm³/mol. The van der Waals surface area contributed by atoms with Gasteiger partial charge in [0.25, 0.3) is 5.69 Å². The Morgan fingerprint density at radius 2 is 1.60 bits per heavy atom. The normalized spacial score (nSPS) is 20.0. The number of nitrogens with one attached hydrogen (secondary N) is 1.